The first kappa shape index (κ1) is 15.1. The minimum Gasteiger partial charge on any atom is -0.316 e. The van der Waals surface area contributed by atoms with E-state index in [4.69, 9.17) is 0 Å². The largest absolute Gasteiger partial charge is 0.316 e. The van der Waals surface area contributed by atoms with Crippen LogP contribution in [0.25, 0.3) is 0 Å². The van der Waals surface area contributed by atoms with Crippen molar-refractivity contribution in [3.05, 3.63) is 45.8 Å². The van der Waals surface area contributed by atoms with Gasteiger partial charge in [0, 0.05) is 19.3 Å². The van der Waals surface area contributed by atoms with E-state index in [0.717, 1.165) is 16.7 Å². The lowest BCUT2D eigenvalue weighted by Gasteiger charge is -2.07. The van der Waals surface area contributed by atoms with E-state index in [1.807, 2.05) is 24.7 Å². The average Bonchev–Trinajstić information content (AvgIpc) is 2.83. The van der Waals surface area contributed by atoms with Crippen molar-refractivity contribution in [2.24, 2.45) is 0 Å². The molecule has 0 unspecified atom stereocenters. The summed E-state index contributed by atoms with van der Waals surface area (Å²) in [5.74, 6) is 0. The highest BCUT2D eigenvalue weighted by Crippen LogP contribution is 2.14. The first-order valence-corrected chi connectivity index (χ1v) is 8.56. The van der Waals surface area contributed by atoms with Gasteiger partial charge in [-0.3, -0.25) is 0 Å². The molecule has 0 aliphatic carbocycles. The van der Waals surface area contributed by atoms with Gasteiger partial charge in [-0.1, -0.05) is 6.07 Å². The van der Waals surface area contributed by atoms with Gasteiger partial charge in [-0.2, -0.15) is 11.3 Å². The van der Waals surface area contributed by atoms with Gasteiger partial charge >= 0.3 is 0 Å². The molecule has 0 aliphatic heterocycles. The second-order valence-electron chi connectivity index (χ2n) is 4.44. The van der Waals surface area contributed by atoms with Crippen molar-refractivity contribution in [2.45, 2.75) is 25.0 Å². The van der Waals surface area contributed by atoms with Crippen LogP contribution in [0.4, 0.5) is 0 Å². The summed E-state index contributed by atoms with van der Waals surface area (Å²) < 4.78 is 26.8. The van der Waals surface area contributed by atoms with E-state index in [-0.39, 0.29) is 11.6 Å². The third-order valence-corrected chi connectivity index (χ3v) is 5.09. The Bertz CT molecular complexity index is 663. The molecular formula is C13H17N3O2S2. The molecule has 20 heavy (non-hydrogen) atoms. The lowest BCUT2D eigenvalue weighted by molar-refractivity contribution is 0.577. The zero-order valence-electron chi connectivity index (χ0n) is 11.4. The van der Waals surface area contributed by atoms with Gasteiger partial charge in [0.15, 0.2) is 5.03 Å². The Hall–Kier alpha value is -1.28. The molecule has 2 N–H and O–H groups in total. The van der Waals surface area contributed by atoms with E-state index in [1.165, 1.54) is 6.07 Å². The number of nitrogens with zero attached hydrogens (tertiary/aromatic N) is 1. The monoisotopic (exact) mass is 311 g/mol. The molecule has 0 saturated carbocycles. The Labute approximate surface area is 123 Å². The molecule has 0 spiro atoms. The average molecular weight is 311 g/mol. The van der Waals surface area contributed by atoms with Gasteiger partial charge < -0.3 is 5.32 Å². The van der Waals surface area contributed by atoms with Crippen molar-refractivity contribution in [3.63, 3.8) is 0 Å². The van der Waals surface area contributed by atoms with E-state index in [2.05, 4.69) is 15.0 Å². The third kappa shape index (κ3) is 3.63. The number of pyridine rings is 1. The second-order valence-corrected chi connectivity index (χ2v) is 6.90. The van der Waals surface area contributed by atoms with Crippen molar-refractivity contribution < 1.29 is 8.42 Å². The molecule has 5 nitrogen and oxygen atoms in total. The van der Waals surface area contributed by atoms with Crippen LogP contribution in [0, 0.1) is 6.92 Å². The molecule has 7 heteroatoms. The number of thiophene rings is 1. The van der Waals surface area contributed by atoms with Crippen LogP contribution < -0.4 is 10.0 Å². The van der Waals surface area contributed by atoms with E-state index < -0.39 is 10.0 Å². The second kappa shape index (κ2) is 6.45. The van der Waals surface area contributed by atoms with Crippen molar-refractivity contribution >= 4 is 21.4 Å². The lowest BCUT2D eigenvalue weighted by Crippen LogP contribution is -2.24. The third-order valence-electron chi connectivity index (χ3n) is 2.87. The molecule has 2 heterocycles. The van der Waals surface area contributed by atoms with Gasteiger partial charge in [-0.25, -0.2) is 18.1 Å². The highest BCUT2D eigenvalue weighted by molar-refractivity contribution is 7.89. The molecule has 2 aromatic rings. The highest BCUT2D eigenvalue weighted by Gasteiger charge is 2.15. The predicted octanol–water partition coefficient (Wildman–Crippen LogP) is 1.65. The number of hydrogen-bond donors (Lipinski definition) is 2. The molecule has 0 aliphatic rings. The Morgan fingerprint density at radius 2 is 2.05 bits per heavy atom. The summed E-state index contributed by atoms with van der Waals surface area (Å²) >= 11 is 1.56. The maximum absolute atomic E-state index is 12.1. The van der Waals surface area contributed by atoms with Crippen LogP contribution in [0.3, 0.4) is 0 Å². The van der Waals surface area contributed by atoms with Gasteiger partial charge in [0.25, 0.3) is 10.0 Å². The summed E-state index contributed by atoms with van der Waals surface area (Å²) in [4.78, 5) is 4.00. The Morgan fingerprint density at radius 3 is 2.60 bits per heavy atom. The zero-order chi connectivity index (χ0) is 14.6. The minimum atomic E-state index is -3.56. The molecule has 0 radical (unpaired) electrons. The molecule has 108 valence electrons. The van der Waals surface area contributed by atoms with Gasteiger partial charge in [-0.15, -0.1) is 0 Å². The van der Waals surface area contributed by atoms with Gasteiger partial charge in [0.2, 0.25) is 0 Å². The SMILES string of the molecule is CNCc1ccc(S(=O)(=O)NCc2cscc2C)nc1. The minimum absolute atomic E-state index is 0.0465. The molecule has 2 aromatic heterocycles. The normalized spacial score (nSPS) is 11.7. The topological polar surface area (TPSA) is 71.1 Å². The predicted molar refractivity (Wildman–Crippen MR) is 80.1 cm³/mol. The summed E-state index contributed by atoms with van der Waals surface area (Å²) in [6.45, 7) is 2.91. The first-order chi connectivity index (χ1) is 9.53. The maximum Gasteiger partial charge on any atom is 0.258 e. The van der Waals surface area contributed by atoms with Crippen molar-refractivity contribution in [1.29, 1.82) is 0 Å². The zero-order valence-corrected chi connectivity index (χ0v) is 13.0. The van der Waals surface area contributed by atoms with Crippen LogP contribution in [0.5, 0.6) is 0 Å². The van der Waals surface area contributed by atoms with Crippen LogP contribution >= 0.6 is 11.3 Å². The Kier molecular flexibility index (Phi) is 4.87. The summed E-state index contributed by atoms with van der Waals surface area (Å²) in [5, 5.41) is 6.97. The van der Waals surface area contributed by atoms with E-state index >= 15 is 0 Å². The van der Waals surface area contributed by atoms with Crippen molar-refractivity contribution in [3.8, 4) is 0 Å². The summed E-state index contributed by atoms with van der Waals surface area (Å²) in [6, 6.07) is 3.28. The fourth-order valence-corrected chi connectivity index (χ4v) is 3.48. The number of hydrogen-bond acceptors (Lipinski definition) is 5. The van der Waals surface area contributed by atoms with Crippen LogP contribution in [0.1, 0.15) is 16.7 Å². The highest BCUT2D eigenvalue weighted by atomic mass is 32.2. The Balaban J connectivity index is 2.08. The van der Waals surface area contributed by atoms with Crippen LogP contribution in [-0.2, 0) is 23.1 Å². The molecule has 0 saturated heterocycles. The quantitative estimate of drug-likeness (QED) is 0.851. The molecule has 0 atom stereocenters. The fraction of sp³-hybridized carbons (Fsp3) is 0.308. The van der Waals surface area contributed by atoms with E-state index in [0.29, 0.717) is 6.54 Å². The van der Waals surface area contributed by atoms with Crippen LogP contribution in [0.2, 0.25) is 0 Å². The van der Waals surface area contributed by atoms with Crippen LogP contribution in [-0.4, -0.2) is 20.4 Å². The van der Waals surface area contributed by atoms with Crippen molar-refractivity contribution in [2.75, 3.05) is 7.05 Å². The molecule has 0 amide bonds. The van der Waals surface area contributed by atoms with Crippen molar-refractivity contribution in [1.82, 2.24) is 15.0 Å². The number of rotatable bonds is 6. The molecular weight excluding hydrogens is 294 g/mol. The fourth-order valence-electron chi connectivity index (χ4n) is 1.69. The summed E-state index contributed by atoms with van der Waals surface area (Å²) in [6.07, 6.45) is 1.57. The van der Waals surface area contributed by atoms with Crippen LogP contribution in [0.15, 0.2) is 34.1 Å². The number of aromatic nitrogens is 1. The van der Waals surface area contributed by atoms with E-state index in [9.17, 15) is 8.42 Å². The van der Waals surface area contributed by atoms with Gasteiger partial charge in [-0.05, 0) is 47.5 Å². The molecule has 0 bridgehead atoms. The summed E-state index contributed by atoms with van der Waals surface area (Å²) in [5.41, 5.74) is 3.03. The van der Waals surface area contributed by atoms with Gasteiger partial charge in [0.1, 0.15) is 0 Å². The van der Waals surface area contributed by atoms with E-state index in [1.54, 1.807) is 23.6 Å². The maximum atomic E-state index is 12.1. The number of sulfonamides is 1. The standard InChI is InChI=1S/C13H17N3O2S2/c1-10-8-19-9-12(10)7-16-20(17,18)13-4-3-11(5-14-2)6-15-13/h3-4,6,8-9,14,16H,5,7H2,1-2H3. The summed E-state index contributed by atoms with van der Waals surface area (Å²) in [7, 11) is -1.73. The van der Waals surface area contributed by atoms with Gasteiger partial charge in [0.05, 0.1) is 0 Å². The molecule has 0 fully saturated rings. The lowest BCUT2D eigenvalue weighted by atomic mass is 10.2. The number of nitrogens with one attached hydrogen (secondary N) is 2. The first-order valence-electron chi connectivity index (χ1n) is 6.14. The Morgan fingerprint density at radius 1 is 1.25 bits per heavy atom. The smallest absolute Gasteiger partial charge is 0.258 e. The molecule has 2 rings (SSSR count). The number of aryl methyl sites for hydroxylation is 1. The molecule has 0 aromatic carbocycles.